The predicted octanol–water partition coefficient (Wildman–Crippen LogP) is 13.0. The molecule has 4 nitrogen and oxygen atoms in total. The highest BCUT2D eigenvalue weighted by Gasteiger charge is 2.38. The van der Waals surface area contributed by atoms with Gasteiger partial charge in [-0.05, 0) is 69.4 Å². The van der Waals surface area contributed by atoms with Gasteiger partial charge in [-0.3, -0.25) is 4.57 Å². The molecule has 5 heteroatoms. The van der Waals surface area contributed by atoms with E-state index in [4.69, 9.17) is 14.4 Å². The van der Waals surface area contributed by atoms with Crippen molar-refractivity contribution in [3.8, 4) is 28.3 Å². The average Bonchev–Trinajstić information content (AvgIpc) is 3.90. The molecule has 0 saturated heterocycles. The molecule has 4 aromatic heterocycles. The molecule has 12 rings (SSSR count). The topological polar surface area (TPSA) is 43.9 Å². The van der Waals surface area contributed by atoms with Gasteiger partial charge in [-0.15, -0.1) is 11.3 Å². The van der Waals surface area contributed by atoms with Gasteiger partial charge in [0.25, 0.3) is 0 Å². The number of furan rings is 1. The van der Waals surface area contributed by atoms with E-state index in [9.17, 15) is 0 Å². The molecule has 11 aromatic rings. The van der Waals surface area contributed by atoms with Crippen LogP contribution >= 0.6 is 11.3 Å². The van der Waals surface area contributed by atoms with Crippen molar-refractivity contribution in [3.05, 3.63) is 151 Å². The highest BCUT2D eigenvalue weighted by Crippen LogP contribution is 2.53. The fourth-order valence-electron chi connectivity index (χ4n) is 9.11. The minimum Gasteiger partial charge on any atom is -0.456 e. The van der Waals surface area contributed by atoms with Gasteiger partial charge in [0.2, 0.25) is 5.95 Å². The molecule has 1 aliphatic rings. The van der Waals surface area contributed by atoms with Gasteiger partial charge in [0.15, 0.2) is 0 Å². The standard InChI is InChI=1S/C47H29N3OS/c1-47(2)35-25-37-34(24-33(35)29-23-22-26-12-3-4-13-27(26)42(29)47)28-14-5-8-18-36(28)50(37)46-48-43-31-16-7-10-21-40(31)52-45(43)44(49-46)32-17-11-20-39-41(32)30-15-6-9-19-38(30)51-39/h3-25H,1-2H3. The number of benzene rings is 7. The Bertz CT molecular complexity index is 3340. The minimum atomic E-state index is -0.196. The van der Waals surface area contributed by atoms with E-state index in [1.807, 2.05) is 12.1 Å². The zero-order chi connectivity index (χ0) is 34.3. The molecule has 0 saturated carbocycles. The first kappa shape index (κ1) is 28.4. The van der Waals surface area contributed by atoms with E-state index in [0.717, 1.165) is 59.8 Å². The van der Waals surface area contributed by atoms with Gasteiger partial charge in [0.05, 0.1) is 26.9 Å². The van der Waals surface area contributed by atoms with Crippen molar-refractivity contribution >= 4 is 86.2 Å². The van der Waals surface area contributed by atoms with Crippen LogP contribution in [-0.4, -0.2) is 14.5 Å². The van der Waals surface area contributed by atoms with E-state index < -0.39 is 0 Å². The zero-order valence-electron chi connectivity index (χ0n) is 28.4. The zero-order valence-corrected chi connectivity index (χ0v) is 29.3. The summed E-state index contributed by atoms with van der Waals surface area (Å²) in [6, 6.07) is 50.1. The summed E-state index contributed by atoms with van der Waals surface area (Å²) in [6.07, 6.45) is 0. The van der Waals surface area contributed by atoms with Crippen LogP contribution in [0.1, 0.15) is 25.0 Å². The van der Waals surface area contributed by atoms with Crippen molar-refractivity contribution in [1.82, 2.24) is 14.5 Å². The van der Waals surface area contributed by atoms with Crippen molar-refractivity contribution in [2.75, 3.05) is 0 Å². The van der Waals surface area contributed by atoms with Crippen molar-refractivity contribution in [2.24, 2.45) is 0 Å². The van der Waals surface area contributed by atoms with Crippen molar-refractivity contribution in [1.29, 1.82) is 0 Å². The van der Waals surface area contributed by atoms with Crippen LogP contribution in [0.25, 0.3) is 103 Å². The number of rotatable bonds is 2. The van der Waals surface area contributed by atoms with E-state index in [0.29, 0.717) is 5.95 Å². The molecule has 1 aliphatic carbocycles. The van der Waals surface area contributed by atoms with Crippen LogP contribution in [0.3, 0.4) is 0 Å². The van der Waals surface area contributed by atoms with E-state index in [-0.39, 0.29) is 5.41 Å². The third kappa shape index (κ3) is 3.60. The normalized spacial score (nSPS) is 13.7. The SMILES string of the molecule is CC1(C)c2cc3c(cc2-c2ccc4ccccc4c21)c1ccccc1n3-c1nc(-c2cccc3oc4ccccc4c23)c2sc3ccccc3c2n1. The summed E-state index contributed by atoms with van der Waals surface area (Å²) >= 11 is 1.76. The van der Waals surface area contributed by atoms with Gasteiger partial charge in [-0.2, -0.15) is 0 Å². The lowest BCUT2D eigenvalue weighted by Gasteiger charge is -2.23. The molecule has 0 radical (unpaired) electrons. The molecular weight excluding hydrogens is 655 g/mol. The second-order valence-electron chi connectivity index (χ2n) is 14.5. The Morgan fingerprint density at radius 2 is 1.33 bits per heavy atom. The number of para-hydroxylation sites is 2. The number of hydrogen-bond acceptors (Lipinski definition) is 4. The molecule has 0 N–H and O–H groups in total. The number of fused-ring (bicyclic) bond motifs is 14. The maximum atomic E-state index is 6.37. The summed E-state index contributed by atoms with van der Waals surface area (Å²) in [5.41, 5.74) is 12.0. The van der Waals surface area contributed by atoms with Gasteiger partial charge in [-0.1, -0.05) is 117 Å². The molecule has 52 heavy (non-hydrogen) atoms. The molecular formula is C47H29N3OS. The van der Waals surface area contributed by atoms with Crippen molar-refractivity contribution in [2.45, 2.75) is 19.3 Å². The lowest BCUT2D eigenvalue weighted by atomic mass is 9.80. The molecule has 0 amide bonds. The summed E-state index contributed by atoms with van der Waals surface area (Å²) in [7, 11) is 0. The van der Waals surface area contributed by atoms with Crippen LogP contribution in [-0.2, 0) is 5.41 Å². The number of thiophene rings is 1. The van der Waals surface area contributed by atoms with E-state index in [1.54, 1.807) is 11.3 Å². The molecule has 244 valence electrons. The first-order valence-electron chi connectivity index (χ1n) is 17.8. The Balaban J connectivity index is 1.20. The van der Waals surface area contributed by atoms with Crippen LogP contribution in [0.15, 0.2) is 144 Å². The van der Waals surface area contributed by atoms with E-state index in [2.05, 4.69) is 146 Å². The second kappa shape index (κ2) is 9.93. The largest absolute Gasteiger partial charge is 0.456 e. The Hall–Kier alpha value is -6.30. The smallest absolute Gasteiger partial charge is 0.235 e. The monoisotopic (exact) mass is 683 g/mol. The lowest BCUT2D eigenvalue weighted by Crippen LogP contribution is -2.15. The maximum Gasteiger partial charge on any atom is 0.235 e. The average molecular weight is 684 g/mol. The lowest BCUT2D eigenvalue weighted by molar-refractivity contribution is 0.667. The predicted molar refractivity (Wildman–Crippen MR) is 217 cm³/mol. The first-order valence-corrected chi connectivity index (χ1v) is 18.6. The summed E-state index contributed by atoms with van der Waals surface area (Å²) in [5.74, 6) is 0.667. The molecule has 7 aromatic carbocycles. The Morgan fingerprint density at radius 1 is 0.577 bits per heavy atom. The van der Waals surface area contributed by atoms with Gasteiger partial charge < -0.3 is 4.42 Å². The molecule has 0 spiro atoms. The van der Waals surface area contributed by atoms with Crippen LogP contribution in [0.4, 0.5) is 0 Å². The van der Waals surface area contributed by atoms with Gasteiger partial charge in [-0.25, -0.2) is 9.97 Å². The van der Waals surface area contributed by atoms with E-state index >= 15 is 0 Å². The third-order valence-electron chi connectivity index (χ3n) is 11.4. The Morgan fingerprint density at radius 3 is 2.23 bits per heavy atom. The molecule has 0 unspecified atom stereocenters. The second-order valence-corrected chi connectivity index (χ2v) is 15.6. The fraction of sp³-hybridized carbons (Fsp3) is 0.0638. The molecule has 0 bridgehead atoms. The first-order chi connectivity index (χ1) is 25.5. The van der Waals surface area contributed by atoms with Gasteiger partial charge in [0, 0.05) is 42.6 Å². The van der Waals surface area contributed by atoms with Crippen LogP contribution < -0.4 is 0 Å². The highest BCUT2D eigenvalue weighted by molar-refractivity contribution is 7.26. The van der Waals surface area contributed by atoms with Crippen molar-refractivity contribution in [3.63, 3.8) is 0 Å². The molecule has 4 heterocycles. The Labute approximate surface area is 302 Å². The van der Waals surface area contributed by atoms with E-state index in [1.165, 1.54) is 48.5 Å². The summed E-state index contributed by atoms with van der Waals surface area (Å²) in [4.78, 5) is 11.0. The summed E-state index contributed by atoms with van der Waals surface area (Å²) in [5, 5.41) is 8.30. The van der Waals surface area contributed by atoms with Crippen LogP contribution in [0.5, 0.6) is 0 Å². The quantitative estimate of drug-likeness (QED) is 0.182. The van der Waals surface area contributed by atoms with Crippen LogP contribution in [0, 0.1) is 0 Å². The van der Waals surface area contributed by atoms with Crippen LogP contribution in [0.2, 0.25) is 0 Å². The maximum absolute atomic E-state index is 6.37. The fourth-order valence-corrected chi connectivity index (χ4v) is 10.3. The molecule has 0 aliphatic heterocycles. The minimum absolute atomic E-state index is 0.196. The van der Waals surface area contributed by atoms with Gasteiger partial charge in [0.1, 0.15) is 11.2 Å². The number of hydrogen-bond donors (Lipinski definition) is 0. The molecule has 0 fully saturated rings. The van der Waals surface area contributed by atoms with Crippen molar-refractivity contribution < 1.29 is 4.42 Å². The third-order valence-corrected chi connectivity index (χ3v) is 12.6. The Kier molecular flexibility index (Phi) is 5.43. The van der Waals surface area contributed by atoms with Gasteiger partial charge >= 0.3 is 0 Å². The number of aromatic nitrogens is 3. The summed E-state index contributed by atoms with van der Waals surface area (Å²) < 4.78 is 10.9. The molecule has 0 atom stereocenters. The highest BCUT2D eigenvalue weighted by atomic mass is 32.1. The summed E-state index contributed by atoms with van der Waals surface area (Å²) in [6.45, 7) is 4.74. The number of nitrogens with zero attached hydrogens (tertiary/aromatic N) is 3.